The summed E-state index contributed by atoms with van der Waals surface area (Å²) < 4.78 is 10.8. The van der Waals surface area contributed by atoms with Crippen LogP contribution in [0.5, 0.6) is 0 Å². The van der Waals surface area contributed by atoms with E-state index in [1.165, 1.54) is 11.8 Å². The minimum atomic E-state index is -0.400. The van der Waals surface area contributed by atoms with E-state index in [4.69, 9.17) is 15.3 Å². The van der Waals surface area contributed by atoms with Gasteiger partial charge in [-0.3, -0.25) is 10.2 Å². The maximum Gasteiger partial charge on any atom is 0.247 e. The summed E-state index contributed by atoms with van der Waals surface area (Å²) in [5.41, 5.74) is 2.16. The van der Waals surface area contributed by atoms with Crippen LogP contribution in [0.2, 0.25) is 0 Å². The molecule has 2 aliphatic rings. The third-order valence-electron chi connectivity index (χ3n) is 3.97. The number of carbonyl (C=O) groups excluding carboxylic acids is 1. The van der Waals surface area contributed by atoms with Gasteiger partial charge in [-0.25, -0.2) is 5.84 Å². The Kier molecular flexibility index (Phi) is 6.24. The first-order valence-corrected chi connectivity index (χ1v) is 9.14. The summed E-state index contributed by atoms with van der Waals surface area (Å²) in [5.74, 6) is 6.17. The number of nitrogens with two attached hydrogens (primary N) is 1. The molecule has 2 aliphatic heterocycles. The first-order chi connectivity index (χ1) is 12.2. The van der Waals surface area contributed by atoms with Crippen molar-refractivity contribution in [2.24, 2.45) is 5.84 Å². The maximum absolute atomic E-state index is 11.7. The molecular weight excluding hydrogens is 346 g/mol. The van der Waals surface area contributed by atoms with E-state index in [0.717, 1.165) is 26.2 Å². The molecule has 0 unspecified atom stereocenters. The number of thioether (sulfide) groups is 1. The molecule has 2 saturated heterocycles. The van der Waals surface area contributed by atoms with Gasteiger partial charge < -0.3 is 19.3 Å². The molecule has 11 heteroatoms. The first kappa shape index (κ1) is 18.1. The Labute approximate surface area is 150 Å². The number of nitrogens with one attached hydrogen (secondary N) is 1. The molecule has 10 nitrogen and oxygen atoms in total. The summed E-state index contributed by atoms with van der Waals surface area (Å²) in [4.78, 5) is 29.6. The van der Waals surface area contributed by atoms with E-state index < -0.39 is 5.25 Å². The molecule has 3 N–H and O–H groups in total. The topological polar surface area (TPSA) is 119 Å². The number of hydrogen-bond donors (Lipinski definition) is 2. The lowest BCUT2D eigenvalue weighted by Crippen LogP contribution is -2.40. The Morgan fingerprint density at radius 1 is 1.04 bits per heavy atom. The minimum Gasteiger partial charge on any atom is -0.378 e. The second-order valence-electron chi connectivity index (χ2n) is 5.69. The van der Waals surface area contributed by atoms with Crippen molar-refractivity contribution < 1.29 is 14.3 Å². The van der Waals surface area contributed by atoms with Gasteiger partial charge in [0.05, 0.1) is 31.7 Å². The smallest absolute Gasteiger partial charge is 0.247 e. The third kappa shape index (κ3) is 4.69. The zero-order chi connectivity index (χ0) is 17.6. The van der Waals surface area contributed by atoms with Gasteiger partial charge in [0.2, 0.25) is 17.8 Å². The molecule has 3 heterocycles. The Hall–Kier alpha value is -1.69. The number of ether oxygens (including phenoxy) is 2. The standard InChI is InChI=1S/C14H23N7O3S/c1-10(11(22)19-15)25-14-17-12(20-2-6-23-7-3-20)16-13(18-14)21-4-8-24-9-5-21/h10H,2-9,15H2,1H3,(H,19,22)/t10-/m1/s1. The second kappa shape index (κ2) is 8.61. The number of hydrogen-bond acceptors (Lipinski definition) is 10. The van der Waals surface area contributed by atoms with Crippen LogP contribution in [0.4, 0.5) is 11.9 Å². The molecule has 138 valence electrons. The van der Waals surface area contributed by atoms with E-state index in [1.807, 2.05) is 0 Å². The average Bonchev–Trinajstić information content (AvgIpc) is 2.68. The van der Waals surface area contributed by atoms with Crippen molar-refractivity contribution >= 4 is 29.6 Å². The molecule has 1 aromatic rings. The highest BCUT2D eigenvalue weighted by Gasteiger charge is 2.22. The van der Waals surface area contributed by atoms with E-state index in [1.54, 1.807) is 6.92 Å². The third-order valence-corrected chi connectivity index (χ3v) is 4.93. The van der Waals surface area contributed by atoms with Crippen LogP contribution in [0.15, 0.2) is 5.16 Å². The van der Waals surface area contributed by atoms with Crippen LogP contribution in [0.3, 0.4) is 0 Å². The highest BCUT2D eigenvalue weighted by molar-refractivity contribution is 8.00. The molecule has 1 atom stereocenters. The maximum atomic E-state index is 11.7. The van der Waals surface area contributed by atoms with Crippen molar-refractivity contribution in [2.75, 3.05) is 62.4 Å². The molecule has 1 aromatic heterocycles. The quantitative estimate of drug-likeness (QED) is 0.290. The Morgan fingerprint density at radius 3 is 1.96 bits per heavy atom. The number of morpholine rings is 2. The number of aromatic nitrogens is 3. The zero-order valence-corrected chi connectivity index (χ0v) is 15.0. The van der Waals surface area contributed by atoms with Gasteiger partial charge in [-0.2, -0.15) is 15.0 Å². The van der Waals surface area contributed by atoms with Crippen molar-refractivity contribution in [3.63, 3.8) is 0 Å². The molecule has 0 spiro atoms. The van der Waals surface area contributed by atoms with Crippen molar-refractivity contribution in [3.8, 4) is 0 Å². The number of amides is 1. The van der Waals surface area contributed by atoms with E-state index in [9.17, 15) is 4.79 Å². The second-order valence-corrected chi connectivity index (χ2v) is 6.99. The van der Waals surface area contributed by atoms with Crippen molar-refractivity contribution in [1.82, 2.24) is 20.4 Å². The molecule has 1 amide bonds. The Balaban J connectivity index is 1.85. The average molecular weight is 369 g/mol. The lowest BCUT2D eigenvalue weighted by atomic mass is 10.4. The monoisotopic (exact) mass is 369 g/mol. The van der Waals surface area contributed by atoms with Gasteiger partial charge >= 0.3 is 0 Å². The first-order valence-electron chi connectivity index (χ1n) is 8.26. The minimum absolute atomic E-state index is 0.272. The molecule has 2 fully saturated rings. The van der Waals surface area contributed by atoms with E-state index in [2.05, 4.69) is 30.2 Å². The molecule has 0 bridgehead atoms. The predicted molar refractivity (Wildman–Crippen MR) is 93.5 cm³/mol. The summed E-state index contributed by atoms with van der Waals surface area (Å²) in [6, 6.07) is 0. The largest absolute Gasteiger partial charge is 0.378 e. The fourth-order valence-electron chi connectivity index (χ4n) is 2.53. The van der Waals surface area contributed by atoms with Crippen molar-refractivity contribution in [1.29, 1.82) is 0 Å². The van der Waals surface area contributed by atoms with Gasteiger partial charge in [0.25, 0.3) is 0 Å². The van der Waals surface area contributed by atoms with Crippen LogP contribution in [0.25, 0.3) is 0 Å². The van der Waals surface area contributed by atoms with Crippen LogP contribution in [0.1, 0.15) is 6.92 Å². The van der Waals surface area contributed by atoms with Gasteiger partial charge in [-0.05, 0) is 6.92 Å². The Morgan fingerprint density at radius 2 is 1.52 bits per heavy atom. The van der Waals surface area contributed by atoms with Crippen molar-refractivity contribution in [2.45, 2.75) is 17.3 Å². The molecule has 0 saturated carbocycles. The summed E-state index contributed by atoms with van der Waals surface area (Å²) >= 11 is 1.26. The van der Waals surface area contributed by atoms with E-state index in [0.29, 0.717) is 43.5 Å². The van der Waals surface area contributed by atoms with Crippen LogP contribution in [-0.4, -0.2) is 78.7 Å². The normalized spacial score (nSPS) is 19.6. The fraction of sp³-hybridized carbons (Fsp3) is 0.714. The summed E-state index contributed by atoms with van der Waals surface area (Å²) in [7, 11) is 0. The van der Waals surface area contributed by atoms with Gasteiger partial charge in [-0.1, -0.05) is 11.8 Å². The predicted octanol–water partition coefficient (Wildman–Crippen LogP) is -0.985. The molecule has 0 radical (unpaired) electrons. The van der Waals surface area contributed by atoms with Crippen LogP contribution in [-0.2, 0) is 14.3 Å². The lowest BCUT2D eigenvalue weighted by molar-refractivity contribution is -0.120. The summed E-state index contributed by atoms with van der Waals surface area (Å²) in [5, 5.41) is 0.108. The zero-order valence-electron chi connectivity index (χ0n) is 14.2. The highest BCUT2D eigenvalue weighted by Crippen LogP contribution is 2.24. The lowest BCUT2D eigenvalue weighted by Gasteiger charge is -2.30. The van der Waals surface area contributed by atoms with Crippen LogP contribution >= 0.6 is 11.8 Å². The fourth-order valence-corrected chi connectivity index (χ4v) is 3.29. The summed E-state index contributed by atoms with van der Waals surface area (Å²) in [6.07, 6.45) is 0. The molecular formula is C14H23N7O3S. The molecule has 3 rings (SSSR count). The van der Waals surface area contributed by atoms with Crippen LogP contribution in [0, 0.1) is 0 Å². The van der Waals surface area contributed by atoms with Gasteiger partial charge in [0.1, 0.15) is 0 Å². The van der Waals surface area contributed by atoms with Gasteiger partial charge in [0.15, 0.2) is 5.16 Å². The Bertz CT molecular complexity index is 558. The summed E-state index contributed by atoms with van der Waals surface area (Å²) in [6.45, 7) is 7.27. The van der Waals surface area contributed by atoms with Crippen LogP contribution < -0.4 is 21.1 Å². The number of anilines is 2. The molecule has 0 aromatic carbocycles. The number of rotatable bonds is 5. The van der Waals surface area contributed by atoms with E-state index >= 15 is 0 Å². The molecule has 25 heavy (non-hydrogen) atoms. The van der Waals surface area contributed by atoms with Crippen molar-refractivity contribution in [3.05, 3.63) is 0 Å². The van der Waals surface area contributed by atoms with Gasteiger partial charge in [-0.15, -0.1) is 0 Å². The highest BCUT2D eigenvalue weighted by atomic mass is 32.2. The number of carbonyl (C=O) groups is 1. The SMILES string of the molecule is C[C@@H](Sc1nc(N2CCOCC2)nc(N2CCOCC2)n1)C(=O)NN. The van der Waals surface area contributed by atoms with E-state index in [-0.39, 0.29) is 5.91 Å². The molecule has 0 aliphatic carbocycles. The van der Waals surface area contributed by atoms with Gasteiger partial charge in [0, 0.05) is 26.2 Å². The number of nitrogens with zero attached hydrogens (tertiary/aromatic N) is 5. The number of hydrazine groups is 1.